The number of rotatable bonds is 3. The zero-order valence-corrected chi connectivity index (χ0v) is 11.9. The van der Waals surface area contributed by atoms with Gasteiger partial charge < -0.3 is 14.7 Å². The molecule has 1 aliphatic rings. The van der Waals surface area contributed by atoms with Crippen molar-refractivity contribution in [1.82, 2.24) is 14.7 Å². The smallest absolute Gasteiger partial charge is 0.407 e. The molecule has 0 aromatic carbocycles. The van der Waals surface area contributed by atoms with Gasteiger partial charge in [0.2, 0.25) is 0 Å². The number of nitrogens with zero attached hydrogens (tertiary/aromatic N) is 4. The molecule has 1 aromatic heterocycles. The molecule has 8 nitrogen and oxygen atoms in total. The van der Waals surface area contributed by atoms with E-state index in [1.165, 1.54) is 6.20 Å². The van der Waals surface area contributed by atoms with Crippen LogP contribution in [0, 0.1) is 11.3 Å². The summed E-state index contributed by atoms with van der Waals surface area (Å²) in [5.74, 6) is -0.691. The van der Waals surface area contributed by atoms with E-state index in [9.17, 15) is 19.2 Å². The Morgan fingerprint density at radius 2 is 2.36 bits per heavy atom. The molecule has 0 bridgehead atoms. The number of carbonyl (C=O) groups is 2. The number of alkyl halides is 1. The van der Waals surface area contributed by atoms with Crippen LogP contribution in [-0.4, -0.2) is 57.7 Å². The van der Waals surface area contributed by atoms with Crippen molar-refractivity contribution >= 4 is 12.1 Å². The van der Waals surface area contributed by atoms with Gasteiger partial charge in [-0.2, -0.15) is 10.4 Å². The number of amides is 1. The molecule has 0 spiro atoms. The minimum atomic E-state index is -1.51. The van der Waals surface area contributed by atoms with Crippen LogP contribution in [0.3, 0.4) is 0 Å². The van der Waals surface area contributed by atoms with Crippen LogP contribution >= 0.6 is 0 Å². The first-order chi connectivity index (χ1) is 10.5. The van der Waals surface area contributed by atoms with E-state index in [1.807, 2.05) is 6.07 Å². The highest BCUT2D eigenvalue weighted by molar-refractivity contribution is 5.91. The van der Waals surface area contributed by atoms with Crippen LogP contribution in [0.2, 0.25) is 0 Å². The van der Waals surface area contributed by atoms with E-state index in [1.54, 1.807) is 6.92 Å². The first-order valence-corrected chi connectivity index (χ1v) is 6.76. The number of ether oxygens (including phenoxy) is 1. The van der Waals surface area contributed by atoms with Gasteiger partial charge >= 0.3 is 12.1 Å². The van der Waals surface area contributed by atoms with E-state index in [0.717, 1.165) is 9.58 Å². The lowest BCUT2D eigenvalue weighted by atomic mass is 10.0. The van der Waals surface area contributed by atoms with Gasteiger partial charge in [-0.1, -0.05) is 0 Å². The van der Waals surface area contributed by atoms with E-state index < -0.39 is 24.3 Å². The predicted octanol–water partition coefficient (Wildman–Crippen LogP) is 1.19. The number of aromatic nitrogens is 2. The van der Waals surface area contributed by atoms with Crippen LogP contribution in [0.5, 0.6) is 0 Å². The number of hydrogen-bond donors (Lipinski definition) is 1. The second kappa shape index (κ2) is 6.43. The number of likely N-dealkylation sites (tertiary alicyclic amines) is 1. The predicted molar refractivity (Wildman–Crippen MR) is 71.0 cm³/mol. The number of piperidine rings is 1. The number of hydrogen-bond acceptors (Lipinski definition) is 5. The number of carboxylic acid groups (broad SMARTS) is 1. The van der Waals surface area contributed by atoms with Crippen LogP contribution in [0.4, 0.5) is 9.18 Å². The largest absolute Gasteiger partial charge is 0.465 e. The Balaban J connectivity index is 2.25. The maximum absolute atomic E-state index is 14.2. The van der Waals surface area contributed by atoms with E-state index >= 15 is 0 Å². The maximum Gasteiger partial charge on any atom is 0.407 e. The van der Waals surface area contributed by atoms with E-state index in [0.29, 0.717) is 0 Å². The first kappa shape index (κ1) is 15.8. The van der Waals surface area contributed by atoms with Crippen molar-refractivity contribution in [3.8, 4) is 6.07 Å². The quantitative estimate of drug-likeness (QED) is 0.840. The summed E-state index contributed by atoms with van der Waals surface area (Å²) in [5.41, 5.74) is -0.0907. The second-order valence-electron chi connectivity index (χ2n) is 4.78. The normalized spacial score (nSPS) is 21.2. The van der Waals surface area contributed by atoms with Gasteiger partial charge in [-0.05, 0) is 13.3 Å². The lowest BCUT2D eigenvalue weighted by Crippen LogP contribution is -2.45. The molecule has 9 heteroatoms. The van der Waals surface area contributed by atoms with Crippen molar-refractivity contribution < 1.29 is 23.8 Å². The second-order valence-corrected chi connectivity index (χ2v) is 4.78. The topological polar surface area (TPSA) is 108 Å². The minimum Gasteiger partial charge on any atom is -0.465 e. The molecule has 2 atom stereocenters. The summed E-state index contributed by atoms with van der Waals surface area (Å²) in [6, 6.07) is 1.05. The summed E-state index contributed by atoms with van der Waals surface area (Å²) in [5, 5.41) is 22.0. The van der Waals surface area contributed by atoms with Gasteiger partial charge in [0.15, 0.2) is 5.69 Å². The molecule has 1 fully saturated rings. The monoisotopic (exact) mass is 310 g/mol. The first-order valence-electron chi connectivity index (χ1n) is 6.76. The van der Waals surface area contributed by atoms with Crippen LogP contribution in [-0.2, 0) is 4.74 Å². The molecule has 22 heavy (non-hydrogen) atoms. The Kier molecular flexibility index (Phi) is 4.60. The summed E-state index contributed by atoms with van der Waals surface area (Å²) in [7, 11) is 0. The third-order valence-electron chi connectivity index (χ3n) is 3.49. The highest BCUT2D eigenvalue weighted by Crippen LogP contribution is 2.27. The van der Waals surface area contributed by atoms with Gasteiger partial charge in [0.1, 0.15) is 17.8 Å². The average Bonchev–Trinajstić information content (AvgIpc) is 2.90. The average molecular weight is 310 g/mol. The molecule has 118 valence electrons. The summed E-state index contributed by atoms with van der Waals surface area (Å²) in [6.07, 6.45) is -1.35. The molecule has 1 aromatic rings. The molecule has 0 saturated carbocycles. The third kappa shape index (κ3) is 2.86. The van der Waals surface area contributed by atoms with Crippen molar-refractivity contribution in [2.45, 2.75) is 25.6 Å². The summed E-state index contributed by atoms with van der Waals surface area (Å²) >= 11 is 0. The van der Waals surface area contributed by atoms with Gasteiger partial charge in [-0.3, -0.25) is 0 Å². The highest BCUT2D eigenvalue weighted by Gasteiger charge is 2.35. The SMILES string of the molecule is CCOC(=O)c1cnn(C2CCN(C(=O)O)CC2F)c1C#N. The number of halogens is 1. The number of carbonyl (C=O) groups excluding carboxylic acids is 1. The van der Waals surface area contributed by atoms with Crippen LogP contribution in [0.25, 0.3) is 0 Å². The maximum atomic E-state index is 14.2. The van der Waals surface area contributed by atoms with Crippen LogP contribution in [0.1, 0.15) is 35.4 Å². The van der Waals surface area contributed by atoms with Crippen LogP contribution < -0.4 is 0 Å². The Labute approximate surface area is 125 Å². The fraction of sp³-hybridized carbons (Fsp3) is 0.538. The van der Waals surface area contributed by atoms with Crippen molar-refractivity contribution in [2.75, 3.05) is 19.7 Å². The molecule has 2 rings (SSSR count). The summed E-state index contributed by atoms with van der Waals surface area (Å²) in [6.45, 7) is 1.63. The Morgan fingerprint density at radius 1 is 1.64 bits per heavy atom. The third-order valence-corrected chi connectivity index (χ3v) is 3.49. The zero-order chi connectivity index (χ0) is 16.3. The van der Waals surface area contributed by atoms with Crippen molar-refractivity contribution in [2.24, 2.45) is 0 Å². The van der Waals surface area contributed by atoms with E-state index in [4.69, 9.17) is 9.84 Å². The van der Waals surface area contributed by atoms with Gasteiger partial charge in [0.05, 0.1) is 25.4 Å². The Bertz CT molecular complexity index is 624. The van der Waals surface area contributed by atoms with Crippen LogP contribution in [0.15, 0.2) is 6.20 Å². The molecule has 0 radical (unpaired) electrons. The van der Waals surface area contributed by atoms with Gasteiger partial charge in [0.25, 0.3) is 0 Å². The zero-order valence-electron chi connectivity index (χ0n) is 11.9. The molecule has 2 unspecified atom stereocenters. The van der Waals surface area contributed by atoms with Gasteiger partial charge in [-0.15, -0.1) is 0 Å². The van der Waals surface area contributed by atoms with Crippen molar-refractivity contribution in [1.29, 1.82) is 5.26 Å². The molecule has 0 aliphatic carbocycles. The fourth-order valence-corrected chi connectivity index (χ4v) is 2.43. The summed E-state index contributed by atoms with van der Waals surface area (Å²) < 4.78 is 20.2. The molecule has 1 amide bonds. The molecular weight excluding hydrogens is 295 g/mol. The lowest BCUT2D eigenvalue weighted by Gasteiger charge is -2.33. The molecule has 1 N–H and O–H groups in total. The van der Waals surface area contributed by atoms with Gasteiger partial charge in [-0.25, -0.2) is 18.7 Å². The summed E-state index contributed by atoms with van der Waals surface area (Å²) in [4.78, 5) is 23.6. The van der Waals surface area contributed by atoms with Crippen molar-refractivity contribution in [3.63, 3.8) is 0 Å². The molecule has 2 heterocycles. The van der Waals surface area contributed by atoms with E-state index in [2.05, 4.69) is 5.10 Å². The fourth-order valence-electron chi connectivity index (χ4n) is 2.43. The Hall–Kier alpha value is -2.63. The lowest BCUT2D eigenvalue weighted by molar-refractivity contribution is 0.0525. The van der Waals surface area contributed by atoms with E-state index in [-0.39, 0.29) is 37.4 Å². The Morgan fingerprint density at radius 3 is 2.91 bits per heavy atom. The molecule has 1 saturated heterocycles. The van der Waals surface area contributed by atoms with Crippen molar-refractivity contribution in [3.05, 3.63) is 17.5 Å². The minimum absolute atomic E-state index is 0.0165. The molecule has 1 aliphatic heterocycles. The highest BCUT2D eigenvalue weighted by atomic mass is 19.1. The number of esters is 1. The molecular formula is C13H15FN4O4. The number of nitriles is 1. The standard InChI is InChI=1S/C13H15FN4O4/c1-2-22-12(19)8-6-16-18(11(8)5-15)10-3-4-17(13(20)21)7-9(10)14/h6,9-10H,2-4,7H2,1H3,(H,20,21). The van der Waals surface area contributed by atoms with Gasteiger partial charge in [0, 0.05) is 6.54 Å².